The molecule has 0 aromatic rings. The summed E-state index contributed by atoms with van der Waals surface area (Å²) in [4.78, 5) is 14.3. The number of rotatable bonds is 5. The van der Waals surface area contributed by atoms with E-state index in [2.05, 4.69) is 27.7 Å². The third-order valence-corrected chi connectivity index (χ3v) is 3.11. The molecule has 0 saturated carbocycles. The maximum absolute atomic E-state index is 12.3. The zero-order chi connectivity index (χ0) is 13.0. The molecule has 1 rings (SSSR count). The van der Waals surface area contributed by atoms with E-state index in [0.29, 0.717) is 12.5 Å². The summed E-state index contributed by atoms with van der Waals surface area (Å²) in [6, 6.07) is 0.227. The first-order valence-electron chi connectivity index (χ1n) is 6.61. The van der Waals surface area contributed by atoms with Crippen LogP contribution in [0.2, 0.25) is 0 Å². The predicted octanol–water partition coefficient (Wildman–Crippen LogP) is 1.39. The van der Waals surface area contributed by atoms with Crippen LogP contribution < -0.4 is 5.73 Å². The molecule has 1 heterocycles. The van der Waals surface area contributed by atoms with E-state index < -0.39 is 0 Å². The van der Waals surface area contributed by atoms with Gasteiger partial charge in [-0.2, -0.15) is 0 Å². The minimum absolute atomic E-state index is 0.0667. The van der Waals surface area contributed by atoms with E-state index >= 15 is 0 Å². The minimum atomic E-state index is -0.273. The molecule has 1 fully saturated rings. The predicted molar refractivity (Wildman–Crippen MR) is 68.6 cm³/mol. The molecule has 2 N–H and O–H groups in total. The number of nitrogens with zero attached hydrogens (tertiary/aromatic N) is 1. The van der Waals surface area contributed by atoms with Gasteiger partial charge in [-0.05, 0) is 32.6 Å². The Morgan fingerprint density at radius 2 is 2.00 bits per heavy atom. The lowest BCUT2D eigenvalue weighted by atomic mass is 10.1. The van der Waals surface area contributed by atoms with E-state index in [1.54, 1.807) is 0 Å². The highest BCUT2D eigenvalue weighted by atomic mass is 16.5. The highest BCUT2D eigenvalue weighted by molar-refractivity contribution is 5.81. The summed E-state index contributed by atoms with van der Waals surface area (Å²) in [6.07, 6.45) is 1.50. The summed E-state index contributed by atoms with van der Waals surface area (Å²) in [5, 5.41) is 0. The Kier molecular flexibility index (Phi) is 5.40. The Balaban J connectivity index is 2.59. The Hall–Kier alpha value is -0.610. The molecule has 1 aliphatic rings. The van der Waals surface area contributed by atoms with E-state index in [1.807, 2.05) is 4.90 Å². The van der Waals surface area contributed by atoms with E-state index in [4.69, 9.17) is 10.5 Å². The summed E-state index contributed by atoms with van der Waals surface area (Å²) in [5.74, 6) is 0.609. The normalized spacial score (nSPS) is 24.6. The number of hydrogen-bond donors (Lipinski definition) is 1. The van der Waals surface area contributed by atoms with E-state index in [9.17, 15) is 4.79 Å². The summed E-state index contributed by atoms with van der Waals surface area (Å²) < 4.78 is 5.67. The lowest BCUT2D eigenvalue weighted by Crippen LogP contribution is -2.45. The average Bonchev–Trinajstić information content (AvgIpc) is 2.72. The van der Waals surface area contributed by atoms with Gasteiger partial charge < -0.3 is 15.4 Å². The van der Waals surface area contributed by atoms with Gasteiger partial charge in [-0.15, -0.1) is 0 Å². The van der Waals surface area contributed by atoms with Gasteiger partial charge in [0, 0.05) is 19.1 Å². The van der Waals surface area contributed by atoms with E-state index in [1.165, 1.54) is 0 Å². The molecule has 0 aliphatic carbocycles. The van der Waals surface area contributed by atoms with Gasteiger partial charge in [0.15, 0.2) is 0 Å². The largest absolute Gasteiger partial charge is 0.364 e. The van der Waals surface area contributed by atoms with Gasteiger partial charge in [0.25, 0.3) is 5.91 Å². The third kappa shape index (κ3) is 3.96. The number of hydrogen-bond acceptors (Lipinski definition) is 3. The maximum atomic E-state index is 12.3. The fraction of sp³-hybridized carbons (Fsp3) is 0.923. The van der Waals surface area contributed by atoms with Gasteiger partial charge in [-0.3, -0.25) is 4.79 Å². The smallest absolute Gasteiger partial charge is 0.251 e. The van der Waals surface area contributed by atoms with Gasteiger partial charge in [0.05, 0.1) is 6.10 Å². The van der Waals surface area contributed by atoms with Crippen LogP contribution in [0.3, 0.4) is 0 Å². The first-order valence-corrected chi connectivity index (χ1v) is 6.61. The number of amides is 1. The zero-order valence-electron chi connectivity index (χ0n) is 11.5. The molecular formula is C13H26N2O2. The van der Waals surface area contributed by atoms with Crippen molar-refractivity contribution in [3.63, 3.8) is 0 Å². The third-order valence-electron chi connectivity index (χ3n) is 3.11. The second-order valence-electron chi connectivity index (χ2n) is 5.54. The van der Waals surface area contributed by atoms with Gasteiger partial charge in [0.2, 0.25) is 0 Å². The van der Waals surface area contributed by atoms with Crippen LogP contribution in [0.1, 0.15) is 40.5 Å². The van der Waals surface area contributed by atoms with Crippen molar-refractivity contribution in [2.24, 2.45) is 11.7 Å². The van der Waals surface area contributed by atoms with Gasteiger partial charge in [0.1, 0.15) is 6.10 Å². The Bertz CT molecular complexity index is 254. The van der Waals surface area contributed by atoms with E-state index in [-0.39, 0.29) is 24.2 Å². The van der Waals surface area contributed by atoms with Crippen molar-refractivity contribution in [2.75, 3.05) is 13.1 Å². The van der Waals surface area contributed by atoms with Crippen LogP contribution in [-0.4, -0.2) is 42.1 Å². The molecule has 0 aromatic carbocycles. The summed E-state index contributed by atoms with van der Waals surface area (Å²) in [6.45, 7) is 9.66. The topological polar surface area (TPSA) is 55.6 Å². The van der Waals surface area contributed by atoms with Crippen LogP contribution in [0, 0.1) is 5.92 Å². The van der Waals surface area contributed by atoms with E-state index in [0.717, 1.165) is 19.4 Å². The maximum Gasteiger partial charge on any atom is 0.251 e. The van der Waals surface area contributed by atoms with Crippen molar-refractivity contribution < 1.29 is 9.53 Å². The first-order chi connectivity index (χ1) is 7.95. The number of carbonyl (C=O) groups excluding carboxylic acids is 1. The summed E-state index contributed by atoms with van der Waals surface area (Å²) >= 11 is 0. The molecule has 4 nitrogen and oxygen atoms in total. The number of nitrogens with two attached hydrogens (primary N) is 1. The highest BCUT2D eigenvalue weighted by Crippen LogP contribution is 2.22. The summed E-state index contributed by atoms with van der Waals surface area (Å²) in [5.41, 5.74) is 5.56. The fourth-order valence-electron chi connectivity index (χ4n) is 2.19. The number of carbonyl (C=O) groups is 1. The monoisotopic (exact) mass is 242 g/mol. The molecule has 0 bridgehead atoms. The Morgan fingerprint density at radius 3 is 2.41 bits per heavy atom. The van der Waals surface area contributed by atoms with Gasteiger partial charge >= 0.3 is 0 Å². The second-order valence-corrected chi connectivity index (χ2v) is 5.54. The molecule has 4 heteroatoms. The van der Waals surface area contributed by atoms with Gasteiger partial charge in [-0.1, -0.05) is 13.8 Å². The van der Waals surface area contributed by atoms with Crippen LogP contribution in [0.4, 0.5) is 0 Å². The molecule has 1 aliphatic heterocycles. The molecule has 17 heavy (non-hydrogen) atoms. The van der Waals surface area contributed by atoms with Crippen LogP contribution in [0.5, 0.6) is 0 Å². The standard InChI is InChI=1S/C13H26N2O2/c1-9(2)8-15(10(3)4)13(16)12-6-5-11(7-14)17-12/h9-12H,5-8,14H2,1-4H3. The second kappa shape index (κ2) is 6.36. The van der Waals surface area contributed by atoms with Gasteiger partial charge in [-0.25, -0.2) is 0 Å². The quantitative estimate of drug-likeness (QED) is 0.792. The number of ether oxygens (including phenoxy) is 1. The average molecular weight is 242 g/mol. The highest BCUT2D eigenvalue weighted by Gasteiger charge is 2.33. The fourth-order valence-corrected chi connectivity index (χ4v) is 2.19. The van der Waals surface area contributed by atoms with Crippen LogP contribution in [0.25, 0.3) is 0 Å². The molecule has 1 saturated heterocycles. The van der Waals surface area contributed by atoms with Crippen molar-refractivity contribution in [3.8, 4) is 0 Å². The van der Waals surface area contributed by atoms with Crippen LogP contribution >= 0.6 is 0 Å². The molecule has 0 aromatic heterocycles. The zero-order valence-corrected chi connectivity index (χ0v) is 11.5. The molecule has 0 radical (unpaired) electrons. The SMILES string of the molecule is CC(C)CN(C(=O)C1CCC(CN)O1)C(C)C. The Morgan fingerprint density at radius 1 is 1.35 bits per heavy atom. The molecule has 100 valence electrons. The lowest BCUT2D eigenvalue weighted by molar-refractivity contribution is -0.145. The molecular weight excluding hydrogens is 216 g/mol. The van der Waals surface area contributed by atoms with Crippen molar-refractivity contribution in [3.05, 3.63) is 0 Å². The molecule has 0 spiro atoms. The van der Waals surface area contributed by atoms with Crippen molar-refractivity contribution >= 4 is 5.91 Å². The summed E-state index contributed by atoms with van der Waals surface area (Å²) in [7, 11) is 0. The van der Waals surface area contributed by atoms with Crippen molar-refractivity contribution in [1.82, 2.24) is 4.90 Å². The van der Waals surface area contributed by atoms with Crippen LogP contribution in [0.15, 0.2) is 0 Å². The van der Waals surface area contributed by atoms with Crippen molar-refractivity contribution in [1.29, 1.82) is 0 Å². The first kappa shape index (κ1) is 14.5. The molecule has 2 atom stereocenters. The Labute approximate surface area is 104 Å². The molecule has 1 amide bonds. The van der Waals surface area contributed by atoms with Crippen molar-refractivity contribution in [2.45, 2.75) is 58.8 Å². The molecule has 2 unspecified atom stereocenters. The van der Waals surface area contributed by atoms with Crippen LogP contribution in [-0.2, 0) is 9.53 Å². The minimum Gasteiger partial charge on any atom is -0.364 e. The lowest BCUT2D eigenvalue weighted by Gasteiger charge is -2.30.